The van der Waals surface area contributed by atoms with Gasteiger partial charge in [0.15, 0.2) is 5.69 Å². The van der Waals surface area contributed by atoms with Crippen molar-refractivity contribution in [1.82, 2.24) is 15.2 Å². The zero-order valence-corrected chi connectivity index (χ0v) is 18.9. The van der Waals surface area contributed by atoms with Gasteiger partial charge in [0.2, 0.25) is 23.2 Å². The minimum Gasteiger partial charge on any atom is -0.447 e. The van der Waals surface area contributed by atoms with E-state index >= 15 is 0 Å². The lowest BCUT2D eigenvalue weighted by molar-refractivity contribution is -0.118. The Bertz CT molecular complexity index is 1090. The quantitative estimate of drug-likeness (QED) is 0.334. The third kappa shape index (κ3) is 4.75. The summed E-state index contributed by atoms with van der Waals surface area (Å²) in [5, 5.41) is 9.25. The summed E-state index contributed by atoms with van der Waals surface area (Å²) in [6.07, 6.45) is 3.84. The number of hydrogen-bond acceptors (Lipinski definition) is 6. The Hall–Kier alpha value is -3.00. The van der Waals surface area contributed by atoms with Gasteiger partial charge in [-0.1, -0.05) is 68.3 Å². The summed E-state index contributed by atoms with van der Waals surface area (Å²) in [6, 6.07) is 13.4. The van der Waals surface area contributed by atoms with Gasteiger partial charge in [0.1, 0.15) is 5.82 Å². The summed E-state index contributed by atoms with van der Waals surface area (Å²) in [5.41, 5.74) is 2.47. The molecular formula is C24H25FN4O2S. The molecule has 0 N–H and O–H groups in total. The molecule has 1 atom stereocenters. The van der Waals surface area contributed by atoms with Crippen LogP contribution in [0.5, 0.6) is 5.88 Å². The largest absolute Gasteiger partial charge is 0.447 e. The zero-order valence-electron chi connectivity index (χ0n) is 18.1. The maximum Gasteiger partial charge on any atom is 0.247 e. The van der Waals surface area contributed by atoms with Gasteiger partial charge < -0.3 is 4.74 Å². The normalized spacial score (nSPS) is 14.8. The number of anilines is 1. The second-order valence-electron chi connectivity index (χ2n) is 7.59. The molecule has 3 aromatic rings. The zero-order chi connectivity index (χ0) is 22.5. The fraction of sp³-hybridized carbons (Fsp3) is 0.333. The Balaban J connectivity index is 1.73. The lowest BCUT2D eigenvalue weighted by Crippen LogP contribution is -2.36. The predicted octanol–water partition coefficient (Wildman–Crippen LogP) is 5.79. The molecule has 2 aromatic carbocycles. The Morgan fingerprint density at radius 2 is 1.88 bits per heavy atom. The topological polar surface area (TPSA) is 68.2 Å². The second kappa shape index (κ2) is 10.1. The van der Waals surface area contributed by atoms with Crippen molar-refractivity contribution in [2.75, 3.05) is 10.7 Å². The van der Waals surface area contributed by atoms with Gasteiger partial charge in [-0.3, -0.25) is 9.69 Å². The van der Waals surface area contributed by atoms with Crippen LogP contribution < -0.4 is 9.64 Å². The van der Waals surface area contributed by atoms with E-state index in [1.54, 1.807) is 28.8 Å². The van der Waals surface area contributed by atoms with Crippen molar-refractivity contribution in [2.45, 2.75) is 50.9 Å². The van der Waals surface area contributed by atoms with E-state index in [2.05, 4.69) is 22.1 Å². The molecule has 0 radical (unpaired) electrons. The van der Waals surface area contributed by atoms with E-state index in [0.29, 0.717) is 33.5 Å². The molecular weight excluding hydrogens is 427 g/mol. The molecule has 0 saturated heterocycles. The fourth-order valence-corrected chi connectivity index (χ4v) is 4.43. The minimum atomic E-state index is -0.811. The van der Waals surface area contributed by atoms with Crippen molar-refractivity contribution in [3.8, 4) is 17.1 Å². The fourth-order valence-electron chi connectivity index (χ4n) is 3.65. The summed E-state index contributed by atoms with van der Waals surface area (Å²) >= 11 is 1.54. The van der Waals surface area contributed by atoms with Crippen LogP contribution in [0, 0.1) is 5.82 Å². The lowest BCUT2D eigenvalue weighted by atomic mass is 10.1. The summed E-state index contributed by atoms with van der Waals surface area (Å²) in [4.78, 5) is 18.9. The summed E-state index contributed by atoms with van der Waals surface area (Å²) in [5.74, 6) is 0.640. The smallest absolute Gasteiger partial charge is 0.247 e. The van der Waals surface area contributed by atoms with E-state index in [1.807, 2.05) is 24.3 Å². The molecule has 1 aromatic heterocycles. The van der Waals surface area contributed by atoms with E-state index in [4.69, 9.17) is 4.74 Å². The number of halogens is 1. The number of nitrogens with zero attached hydrogens (tertiary/aromatic N) is 4. The maximum atomic E-state index is 13.6. The first kappa shape index (κ1) is 22.2. The van der Waals surface area contributed by atoms with Crippen LogP contribution in [0.25, 0.3) is 11.3 Å². The number of amides is 1. The molecule has 4 rings (SSSR count). The highest BCUT2D eigenvalue weighted by Gasteiger charge is 2.34. The van der Waals surface area contributed by atoms with E-state index in [0.717, 1.165) is 12.2 Å². The average Bonchev–Trinajstić information content (AvgIpc) is 2.94. The van der Waals surface area contributed by atoms with Gasteiger partial charge in [-0.05, 0) is 24.6 Å². The molecule has 0 bridgehead atoms. The Kier molecular flexibility index (Phi) is 6.99. The van der Waals surface area contributed by atoms with Crippen molar-refractivity contribution in [3.05, 3.63) is 59.9 Å². The second-order valence-corrected chi connectivity index (χ2v) is 8.65. The number of carbonyl (C=O) groups excluding carboxylic acids is 1. The Morgan fingerprint density at radius 3 is 2.62 bits per heavy atom. The van der Waals surface area contributed by atoms with E-state index in [-0.39, 0.29) is 11.7 Å². The van der Waals surface area contributed by atoms with E-state index in [9.17, 15) is 9.18 Å². The monoisotopic (exact) mass is 452 g/mol. The van der Waals surface area contributed by atoms with E-state index < -0.39 is 6.23 Å². The molecule has 1 aliphatic rings. The average molecular weight is 453 g/mol. The van der Waals surface area contributed by atoms with Crippen LogP contribution in [0.4, 0.5) is 10.1 Å². The molecule has 0 aliphatic carbocycles. The van der Waals surface area contributed by atoms with Crippen LogP contribution >= 0.6 is 11.8 Å². The number of ether oxygens (including phenoxy) is 1. The van der Waals surface area contributed by atoms with Gasteiger partial charge in [-0.2, -0.15) is 4.98 Å². The molecule has 32 heavy (non-hydrogen) atoms. The van der Waals surface area contributed by atoms with Crippen LogP contribution in [0.2, 0.25) is 0 Å². The standard InChI is InChI=1S/C24H25FN4O2S/c1-3-4-5-8-15-32-24-26-22-21(27-28-24)19-9-6-7-10-20(19)29(16(2)30)23(31-22)17-11-13-18(25)14-12-17/h6-7,9-14,23H,3-5,8,15H2,1-2H3/t23-/m0/s1. The van der Waals surface area contributed by atoms with Gasteiger partial charge in [0, 0.05) is 23.8 Å². The van der Waals surface area contributed by atoms with Crippen molar-refractivity contribution in [2.24, 2.45) is 0 Å². The van der Waals surface area contributed by atoms with Gasteiger partial charge in [0.25, 0.3) is 0 Å². The molecule has 1 aliphatic heterocycles. The molecule has 0 fully saturated rings. The van der Waals surface area contributed by atoms with Crippen molar-refractivity contribution < 1.29 is 13.9 Å². The highest BCUT2D eigenvalue weighted by molar-refractivity contribution is 7.99. The molecule has 0 spiro atoms. The number of fused-ring (bicyclic) bond motifs is 3. The third-order valence-electron chi connectivity index (χ3n) is 5.24. The SMILES string of the molecule is CCCCCCSc1nnc2c(n1)O[C@@H](c1ccc(F)cc1)N(C(C)=O)c1ccccc1-2. The summed E-state index contributed by atoms with van der Waals surface area (Å²) in [6.45, 7) is 3.66. The predicted molar refractivity (Wildman–Crippen MR) is 123 cm³/mol. The van der Waals surface area contributed by atoms with Gasteiger partial charge in [-0.25, -0.2) is 4.39 Å². The third-order valence-corrected chi connectivity index (χ3v) is 6.16. The van der Waals surface area contributed by atoms with Crippen LogP contribution in [-0.2, 0) is 4.79 Å². The molecule has 166 valence electrons. The molecule has 2 heterocycles. The highest BCUT2D eigenvalue weighted by Crippen LogP contribution is 2.43. The van der Waals surface area contributed by atoms with Crippen LogP contribution in [0.3, 0.4) is 0 Å². The number of carbonyl (C=O) groups is 1. The maximum absolute atomic E-state index is 13.6. The summed E-state index contributed by atoms with van der Waals surface area (Å²) < 4.78 is 19.8. The first-order valence-corrected chi connectivity index (χ1v) is 11.8. The van der Waals surface area contributed by atoms with Gasteiger partial charge in [0.05, 0.1) is 5.69 Å². The molecule has 0 saturated carbocycles. The summed E-state index contributed by atoms with van der Waals surface area (Å²) in [7, 11) is 0. The molecule has 1 amide bonds. The van der Waals surface area contributed by atoms with Gasteiger partial charge in [-0.15, -0.1) is 10.2 Å². The van der Waals surface area contributed by atoms with Crippen LogP contribution in [0.15, 0.2) is 53.7 Å². The number of rotatable bonds is 7. The Labute approximate surface area is 191 Å². The molecule has 0 unspecified atom stereocenters. The number of thioether (sulfide) groups is 1. The van der Waals surface area contributed by atoms with Crippen LogP contribution in [-0.4, -0.2) is 26.8 Å². The lowest BCUT2D eigenvalue weighted by Gasteiger charge is -2.29. The number of hydrogen-bond donors (Lipinski definition) is 0. The minimum absolute atomic E-state index is 0.210. The van der Waals surface area contributed by atoms with Crippen molar-refractivity contribution in [3.63, 3.8) is 0 Å². The van der Waals surface area contributed by atoms with Crippen molar-refractivity contribution >= 4 is 23.4 Å². The molecule has 6 nitrogen and oxygen atoms in total. The molecule has 8 heteroatoms. The number of aromatic nitrogens is 3. The number of benzene rings is 2. The first-order valence-electron chi connectivity index (χ1n) is 10.8. The van der Waals surface area contributed by atoms with Gasteiger partial charge >= 0.3 is 0 Å². The number of unbranched alkanes of at least 4 members (excludes halogenated alkanes) is 3. The highest BCUT2D eigenvalue weighted by atomic mass is 32.2. The number of para-hydroxylation sites is 1. The first-order chi connectivity index (χ1) is 15.6. The van der Waals surface area contributed by atoms with Crippen molar-refractivity contribution in [1.29, 1.82) is 0 Å². The van der Waals surface area contributed by atoms with E-state index in [1.165, 1.54) is 38.3 Å². The van der Waals surface area contributed by atoms with Crippen LogP contribution in [0.1, 0.15) is 51.3 Å². The Morgan fingerprint density at radius 1 is 1.09 bits per heavy atom.